The zero-order valence-corrected chi connectivity index (χ0v) is 20.3. The van der Waals surface area contributed by atoms with Crippen LogP contribution in [0.2, 0.25) is 0 Å². The lowest BCUT2D eigenvalue weighted by Crippen LogP contribution is -2.15. The van der Waals surface area contributed by atoms with Crippen molar-refractivity contribution in [3.8, 4) is 28.3 Å². The van der Waals surface area contributed by atoms with E-state index in [1.165, 1.54) is 51.4 Å². The molecule has 2 aliphatic carbocycles. The minimum absolute atomic E-state index is 0.514. The maximum absolute atomic E-state index is 5.53. The standard InChI is InChI=1S/C29H33N5O/c1-35-24-13-6-8-20(18-24)27-28(21-15-16-30-26(19-21)32-23-11-4-5-12-23)34-17-7-14-25(29(34)33-27)31-22-9-2-3-10-22/h6-8,13-19,22-23,31H,2-5,9-12H2,1H3,(H,30,32). The van der Waals surface area contributed by atoms with Gasteiger partial charge in [-0.1, -0.05) is 37.8 Å². The number of nitrogens with one attached hydrogen (secondary N) is 2. The summed E-state index contributed by atoms with van der Waals surface area (Å²) in [5.41, 5.74) is 6.20. The van der Waals surface area contributed by atoms with Crippen molar-refractivity contribution in [1.82, 2.24) is 14.4 Å². The number of nitrogens with zero attached hydrogens (tertiary/aromatic N) is 3. The molecule has 35 heavy (non-hydrogen) atoms. The van der Waals surface area contributed by atoms with Crippen LogP contribution in [0.25, 0.3) is 28.2 Å². The first-order valence-electron chi connectivity index (χ1n) is 12.9. The molecule has 6 nitrogen and oxygen atoms in total. The number of benzene rings is 1. The summed E-state index contributed by atoms with van der Waals surface area (Å²) >= 11 is 0. The molecule has 2 N–H and O–H groups in total. The molecule has 1 aromatic carbocycles. The summed E-state index contributed by atoms with van der Waals surface area (Å²) in [6.07, 6.45) is 14.1. The Kier molecular flexibility index (Phi) is 6.03. The summed E-state index contributed by atoms with van der Waals surface area (Å²) in [6.45, 7) is 0. The molecule has 3 aromatic heterocycles. The minimum atomic E-state index is 0.514. The second-order valence-corrected chi connectivity index (χ2v) is 9.84. The van der Waals surface area contributed by atoms with Crippen LogP contribution < -0.4 is 15.4 Å². The van der Waals surface area contributed by atoms with E-state index in [0.717, 1.165) is 45.4 Å². The summed E-state index contributed by atoms with van der Waals surface area (Å²) in [5.74, 6) is 1.76. The molecule has 6 heteroatoms. The molecule has 2 aliphatic rings. The van der Waals surface area contributed by atoms with Crippen LogP contribution in [-0.4, -0.2) is 33.6 Å². The summed E-state index contributed by atoms with van der Waals surface area (Å²) < 4.78 is 7.76. The van der Waals surface area contributed by atoms with Gasteiger partial charge in [-0.15, -0.1) is 0 Å². The van der Waals surface area contributed by atoms with E-state index in [1.807, 2.05) is 18.3 Å². The van der Waals surface area contributed by atoms with Crippen molar-refractivity contribution in [3.05, 3.63) is 60.9 Å². The average molecular weight is 468 g/mol. The van der Waals surface area contributed by atoms with E-state index < -0.39 is 0 Å². The van der Waals surface area contributed by atoms with Crippen LogP contribution in [-0.2, 0) is 0 Å². The zero-order valence-electron chi connectivity index (χ0n) is 20.3. The molecule has 6 rings (SSSR count). The van der Waals surface area contributed by atoms with Crippen molar-refractivity contribution >= 4 is 17.2 Å². The van der Waals surface area contributed by atoms with Gasteiger partial charge in [0.15, 0.2) is 5.65 Å². The molecule has 180 valence electrons. The third-order valence-corrected chi connectivity index (χ3v) is 7.45. The van der Waals surface area contributed by atoms with Crippen LogP contribution in [0.3, 0.4) is 0 Å². The molecule has 0 atom stereocenters. The van der Waals surface area contributed by atoms with Gasteiger partial charge in [-0.3, -0.25) is 4.40 Å². The lowest BCUT2D eigenvalue weighted by molar-refractivity contribution is 0.415. The molecule has 0 unspecified atom stereocenters. The van der Waals surface area contributed by atoms with Crippen LogP contribution in [0, 0.1) is 0 Å². The van der Waals surface area contributed by atoms with Crippen LogP contribution in [0.1, 0.15) is 51.4 Å². The molecular weight excluding hydrogens is 434 g/mol. The second-order valence-electron chi connectivity index (χ2n) is 9.84. The fraction of sp³-hybridized carbons (Fsp3) is 0.379. The number of fused-ring (bicyclic) bond motifs is 1. The predicted molar refractivity (Wildman–Crippen MR) is 142 cm³/mol. The molecule has 3 heterocycles. The van der Waals surface area contributed by atoms with Gasteiger partial charge in [-0.2, -0.15) is 0 Å². The quantitative estimate of drug-likeness (QED) is 0.314. The molecule has 0 aliphatic heterocycles. The Bertz CT molecular complexity index is 1320. The van der Waals surface area contributed by atoms with Gasteiger partial charge in [0.2, 0.25) is 0 Å². The third-order valence-electron chi connectivity index (χ3n) is 7.45. The highest BCUT2D eigenvalue weighted by molar-refractivity contribution is 5.86. The first-order chi connectivity index (χ1) is 17.3. The van der Waals surface area contributed by atoms with Crippen LogP contribution in [0.5, 0.6) is 5.75 Å². The Morgan fingerprint density at radius 2 is 1.63 bits per heavy atom. The van der Waals surface area contributed by atoms with Gasteiger partial charge >= 0.3 is 0 Å². The van der Waals surface area contributed by atoms with Gasteiger partial charge in [0.05, 0.1) is 24.2 Å². The largest absolute Gasteiger partial charge is 0.497 e. The summed E-state index contributed by atoms with van der Waals surface area (Å²) in [5, 5.41) is 7.43. The molecular formula is C29H33N5O. The molecule has 0 bridgehead atoms. The lowest BCUT2D eigenvalue weighted by Gasteiger charge is -2.15. The van der Waals surface area contributed by atoms with E-state index in [4.69, 9.17) is 9.72 Å². The SMILES string of the molecule is COc1cccc(-c2nc3c(NC4CCCC4)cccn3c2-c2ccnc(NC3CCCC3)c2)c1. The van der Waals surface area contributed by atoms with E-state index in [2.05, 4.69) is 62.6 Å². The topological polar surface area (TPSA) is 63.5 Å². The van der Waals surface area contributed by atoms with Gasteiger partial charge in [-0.25, -0.2) is 9.97 Å². The van der Waals surface area contributed by atoms with Gasteiger partial charge in [-0.05, 0) is 62.1 Å². The number of imidazole rings is 1. The number of methoxy groups -OCH3 is 1. The summed E-state index contributed by atoms with van der Waals surface area (Å²) in [7, 11) is 1.71. The number of rotatable bonds is 7. The number of hydrogen-bond acceptors (Lipinski definition) is 5. The highest BCUT2D eigenvalue weighted by atomic mass is 16.5. The van der Waals surface area contributed by atoms with Crippen molar-refractivity contribution in [2.45, 2.75) is 63.5 Å². The number of anilines is 2. The number of hydrogen-bond donors (Lipinski definition) is 2. The molecule has 2 saturated carbocycles. The first kappa shape index (κ1) is 22.0. The minimum Gasteiger partial charge on any atom is -0.497 e. The Morgan fingerprint density at radius 3 is 2.40 bits per heavy atom. The Labute approximate surface area is 206 Å². The number of aromatic nitrogens is 3. The molecule has 4 aromatic rings. The Morgan fingerprint density at radius 1 is 0.857 bits per heavy atom. The van der Waals surface area contributed by atoms with Crippen LogP contribution in [0.15, 0.2) is 60.9 Å². The fourth-order valence-corrected chi connectivity index (χ4v) is 5.65. The van der Waals surface area contributed by atoms with Crippen molar-refractivity contribution in [1.29, 1.82) is 0 Å². The maximum atomic E-state index is 5.53. The van der Waals surface area contributed by atoms with Gasteiger partial charge in [0.25, 0.3) is 0 Å². The molecule has 0 saturated heterocycles. The highest BCUT2D eigenvalue weighted by Crippen LogP contribution is 2.37. The van der Waals surface area contributed by atoms with Gasteiger partial charge in [0, 0.05) is 35.6 Å². The van der Waals surface area contributed by atoms with E-state index >= 15 is 0 Å². The van der Waals surface area contributed by atoms with E-state index in [0.29, 0.717) is 12.1 Å². The van der Waals surface area contributed by atoms with Crippen molar-refractivity contribution in [2.75, 3.05) is 17.7 Å². The summed E-state index contributed by atoms with van der Waals surface area (Å²) in [6, 6.07) is 17.7. The number of pyridine rings is 2. The van der Waals surface area contributed by atoms with Crippen molar-refractivity contribution in [2.24, 2.45) is 0 Å². The van der Waals surface area contributed by atoms with Gasteiger partial charge in [0.1, 0.15) is 11.6 Å². The lowest BCUT2D eigenvalue weighted by atomic mass is 10.1. The van der Waals surface area contributed by atoms with Gasteiger partial charge < -0.3 is 15.4 Å². The van der Waals surface area contributed by atoms with Crippen LogP contribution in [0.4, 0.5) is 11.5 Å². The Balaban J connectivity index is 1.48. The molecule has 0 amide bonds. The average Bonchev–Trinajstić information content (AvgIpc) is 3.66. The van der Waals surface area contributed by atoms with Crippen molar-refractivity contribution < 1.29 is 4.74 Å². The maximum Gasteiger partial charge on any atom is 0.161 e. The normalized spacial score (nSPS) is 16.7. The molecule has 0 radical (unpaired) electrons. The van der Waals surface area contributed by atoms with E-state index in [-0.39, 0.29) is 0 Å². The smallest absolute Gasteiger partial charge is 0.161 e. The van der Waals surface area contributed by atoms with Crippen LogP contribution >= 0.6 is 0 Å². The predicted octanol–water partition coefficient (Wildman–Crippen LogP) is 6.78. The fourth-order valence-electron chi connectivity index (χ4n) is 5.65. The zero-order chi connectivity index (χ0) is 23.6. The molecule has 2 fully saturated rings. The molecule has 0 spiro atoms. The summed E-state index contributed by atoms with van der Waals surface area (Å²) in [4.78, 5) is 9.85. The Hall–Kier alpha value is -3.54. The number of ether oxygens (including phenoxy) is 1. The third kappa shape index (κ3) is 4.45. The highest BCUT2D eigenvalue weighted by Gasteiger charge is 2.22. The van der Waals surface area contributed by atoms with E-state index in [1.54, 1.807) is 7.11 Å². The first-order valence-corrected chi connectivity index (χ1v) is 12.9. The monoisotopic (exact) mass is 467 g/mol. The second kappa shape index (κ2) is 9.61. The van der Waals surface area contributed by atoms with E-state index in [9.17, 15) is 0 Å². The van der Waals surface area contributed by atoms with Crippen molar-refractivity contribution in [3.63, 3.8) is 0 Å².